The molecule has 66 valence electrons. The normalized spacial score (nSPS) is 11.0. The molecule has 0 N–H and O–H groups in total. The summed E-state index contributed by atoms with van der Waals surface area (Å²) in [6.07, 6.45) is 4.86. The highest BCUT2D eigenvalue weighted by molar-refractivity contribution is 6.01. The number of carbonyl (C=O) groups excluding carboxylic acids is 1. The van der Waals surface area contributed by atoms with Gasteiger partial charge in [-0.05, 0) is 13.0 Å². The lowest BCUT2D eigenvalue weighted by molar-refractivity contribution is -0.113. The van der Waals surface area contributed by atoms with Crippen molar-refractivity contribution in [1.29, 1.82) is 5.26 Å². The molecule has 4 nitrogen and oxygen atoms in total. The van der Waals surface area contributed by atoms with Gasteiger partial charge in [0.25, 0.3) is 0 Å². The maximum Gasteiger partial charge on any atom is 0.170 e. The summed E-state index contributed by atoms with van der Waals surface area (Å²) >= 11 is 0. The molecule has 1 aromatic rings. The number of aryl methyl sites for hydroxylation is 1. The second-order valence-corrected chi connectivity index (χ2v) is 2.67. The number of carbonyl (C=O) groups is 1. The molecule has 0 amide bonds. The van der Waals surface area contributed by atoms with Crippen LogP contribution in [0, 0.1) is 11.3 Å². The number of ketones is 1. The van der Waals surface area contributed by atoms with E-state index in [0.717, 1.165) is 5.56 Å². The molecule has 0 fully saturated rings. The van der Waals surface area contributed by atoms with Crippen LogP contribution in [-0.2, 0) is 11.8 Å². The fourth-order valence-corrected chi connectivity index (χ4v) is 0.894. The molecule has 4 heteroatoms. The molecule has 0 aliphatic carbocycles. The van der Waals surface area contributed by atoms with E-state index in [1.54, 1.807) is 24.1 Å². The van der Waals surface area contributed by atoms with Gasteiger partial charge in [0.15, 0.2) is 5.78 Å². The van der Waals surface area contributed by atoms with Crippen LogP contribution in [0.25, 0.3) is 6.08 Å². The van der Waals surface area contributed by atoms with Crippen molar-refractivity contribution in [3.8, 4) is 6.07 Å². The zero-order valence-corrected chi connectivity index (χ0v) is 7.48. The first-order valence-corrected chi connectivity index (χ1v) is 3.75. The van der Waals surface area contributed by atoms with Crippen molar-refractivity contribution in [2.75, 3.05) is 0 Å². The number of Topliss-reactive ketones (excluding diaryl/α,β-unsaturated/α-hetero) is 1. The maximum atomic E-state index is 10.9. The average molecular weight is 175 g/mol. The molecule has 0 aromatic carbocycles. The van der Waals surface area contributed by atoms with Crippen molar-refractivity contribution in [3.05, 3.63) is 23.5 Å². The van der Waals surface area contributed by atoms with E-state index in [4.69, 9.17) is 5.26 Å². The first-order chi connectivity index (χ1) is 6.13. The standard InChI is InChI=1S/C9H9N3O/c1-7(13)9(4-10)3-8-5-11-12(2)6-8/h3,5-6H,1-2H3/b9-3+. The number of aromatic nitrogens is 2. The van der Waals surface area contributed by atoms with E-state index < -0.39 is 0 Å². The fourth-order valence-electron chi connectivity index (χ4n) is 0.894. The molecular weight excluding hydrogens is 166 g/mol. The molecule has 13 heavy (non-hydrogen) atoms. The lowest BCUT2D eigenvalue weighted by Gasteiger charge is -1.88. The Labute approximate surface area is 76.1 Å². The third-order valence-electron chi connectivity index (χ3n) is 1.54. The Morgan fingerprint density at radius 1 is 1.77 bits per heavy atom. The van der Waals surface area contributed by atoms with Gasteiger partial charge >= 0.3 is 0 Å². The summed E-state index contributed by atoms with van der Waals surface area (Å²) in [7, 11) is 1.77. The van der Waals surface area contributed by atoms with Gasteiger partial charge in [-0.2, -0.15) is 10.4 Å². The zero-order valence-electron chi connectivity index (χ0n) is 7.48. The van der Waals surface area contributed by atoms with Crippen LogP contribution in [0.4, 0.5) is 0 Å². The Morgan fingerprint density at radius 2 is 2.46 bits per heavy atom. The SMILES string of the molecule is CC(=O)/C(C#N)=C/c1cnn(C)c1. The topological polar surface area (TPSA) is 58.7 Å². The highest BCUT2D eigenvalue weighted by Crippen LogP contribution is 2.05. The van der Waals surface area contributed by atoms with Crippen LogP contribution in [0.3, 0.4) is 0 Å². The minimum atomic E-state index is -0.230. The molecule has 0 unspecified atom stereocenters. The number of hydrogen-bond acceptors (Lipinski definition) is 3. The molecule has 0 bridgehead atoms. The Balaban J connectivity index is 3.00. The highest BCUT2D eigenvalue weighted by atomic mass is 16.1. The van der Waals surface area contributed by atoms with E-state index in [1.165, 1.54) is 13.0 Å². The number of allylic oxidation sites excluding steroid dienone is 1. The lowest BCUT2D eigenvalue weighted by atomic mass is 10.1. The van der Waals surface area contributed by atoms with Crippen molar-refractivity contribution in [3.63, 3.8) is 0 Å². The van der Waals surface area contributed by atoms with Crippen LogP contribution < -0.4 is 0 Å². The third kappa shape index (κ3) is 2.27. The van der Waals surface area contributed by atoms with Crippen molar-refractivity contribution in [2.24, 2.45) is 7.05 Å². The predicted molar refractivity (Wildman–Crippen MR) is 47.5 cm³/mol. The monoisotopic (exact) mass is 175 g/mol. The molecular formula is C9H9N3O. The fraction of sp³-hybridized carbons (Fsp3) is 0.222. The second-order valence-electron chi connectivity index (χ2n) is 2.67. The molecule has 0 aliphatic rings. The lowest BCUT2D eigenvalue weighted by Crippen LogP contribution is -1.92. The Morgan fingerprint density at radius 3 is 2.85 bits per heavy atom. The van der Waals surface area contributed by atoms with Crippen LogP contribution >= 0.6 is 0 Å². The molecule has 0 saturated heterocycles. The summed E-state index contributed by atoms with van der Waals surface area (Å²) in [6.45, 7) is 1.37. The van der Waals surface area contributed by atoms with Gasteiger partial charge in [0, 0.05) is 18.8 Å². The maximum absolute atomic E-state index is 10.9. The summed E-state index contributed by atoms with van der Waals surface area (Å²) in [5.74, 6) is -0.230. The minimum Gasteiger partial charge on any atom is -0.294 e. The number of nitrogens with zero attached hydrogens (tertiary/aromatic N) is 3. The molecule has 1 aromatic heterocycles. The first-order valence-electron chi connectivity index (χ1n) is 3.75. The largest absolute Gasteiger partial charge is 0.294 e. The summed E-state index contributed by atoms with van der Waals surface area (Å²) in [5.41, 5.74) is 0.905. The summed E-state index contributed by atoms with van der Waals surface area (Å²) in [5, 5.41) is 12.5. The third-order valence-corrected chi connectivity index (χ3v) is 1.54. The molecule has 1 heterocycles. The van der Waals surface area contributed by atoms with Gasteiger partial charge in [-0.1, -0.05) is 0 Å². The van der Waals surface area contributed by atoms with Crippen molar-refractivity contribution in [1.82, 2.24) is 9.78 Å². The average Bonchev–Trinajstić information content (AvgIpc) is 2.46. The van der Waals surface area contributed by atoms with Crippen molar-refractivity contribution >= 4 is 11.9 Å². The quantitative estimate of drug-likeness (QED) is 0.496. The van der Waals surface area contributed by atoms with E-state index >= 15 is 0 Å². The Bertz CT molecular complexity index is 395. The van der Waals surface area contributed by atoms with Crippen molar-refractivity contribution < 1.29 is 4.79 Å². The van der Waals surface area contributed by atoms with Gasteiger partial charge in [-0.15, -0.1) is 0 Å². The molecule has 0 aliphatic heterocycles. The van der Waals surface area contributed by atoms with Crippen LogP contribution in [-0.4, -0.2) is 15.6 Å². The Kier molecular flexibility index (Phi) is 2.60. The molecule has 0 saturated carbocycles. The molecule has 0 atom stereocenters. The number of hydrogen-bond donors (Lipinski definition) is 0. The minimum absolute atomic E-state index is 0.146. The number of nitriles is 1. The zero-order chi connectivity index (χ0) is 9.84. The van der Waals surface area contributed by atoms with Gasteiger partial charge in [0.2, 0.25) is 0 Å². The predicted octanol–water partition coefficient (Wildman–Crippen LogP) is 0.916. The van der Waals surface area contributed by atoms with E-state index in [9.17, 15) is 4.79 Å². The van der Waals surface area contributed by atoms with E-state index in [0.29, 0.717) is 0 Å². The molecule has 1 rings (SSSR count). The van der Waals surface area contributed by atoms with Crippen LogP contribution in [0.15, 0.2) is 18.0 Å². The van der Waals surface area contributed by atoms with E-state index in [1.807, 2.05) is 6.07 Å². The summed E-state index contributed by atoms with van der Waals surface area (Å²) in [4.78, 5) is 10.9. The summed E-state index contributed by atoms with van der Waals surface area (Å²) < 4.78 is 1.61. The van der Waals surface area contributed by atoms with E-state index in [-0.39, 0.29) is 11.4 Å². The van der Waals surface area contributed by atoms with Crippen LogP contribution in [0.5, 0.6) is 0 Å². The van der Waals surface area contributed by atoms with Crippen LogP contribution in [0.2, 0.25) is 0 Å². The van der Waals surface area contributed by atoms with Gasteiger partial charge in [-0.3, -0.25) is 9.48 Å². The highest BCUT2D eigenvalue weighted by Gasteiger charge is 2.02. The smallest absolute Gasteiger partial charge is 0.170 e. The first kappa shape index (κ1) is 9.20. The van der Waals surface area contributed by atoms with Gasteiger partial charge in [0.1, 0.15) is 6.07 Å². The van der Waals surface area contributed by atoms with Crippen molar-refractivity contribution in [2.45, 2.75) is 6.92 Å². The summed E-state index contributed by atoms with van der Waals surface area (Å²) in [6, 6.07) is 1.83. The number of rotatable bonds is 2. The van der Waals surface area contributed by atoms with Crippen LogP contribution in [0.1, 0.15) is 12.5 Å². The van der Waals surface area contributed by atoms with Gasteiger partial charge in [-0.25, -0.2) is 0 Å². The Hall–Kier alpha value is -1.89. The molecule has 0 radical (unpaired) electrons. The molecule has 0 spiro atoms. The van der Waals surface area contributed by atoms with E-state index in [2.05, 4.69) is 5.10 Å². The van der Waals surface area contributed by atoms with Gasteiger partial charge < -0.3 is 0 Å². The second kappa shape index (κ2) is 3.68. The van der Waals surface area contributed by atoms with Gasteiger partial charge in [0.05, 0.1) is 11.8 Å².